The van der Waals surface area contributed by atoms with Gasteiger partial charge in [0.1, 0.15) is 0 Å². The molecule has 2 N–H and O–H groups in total. The summed E-state index contributed by atoms with van der Waals surface area (Å²) in [6, 6.07) is 0. The molecule has 176 valence electrons. The summed E-state index contributed by atoms with van der Waals surface area (Å²) in [7, 11) is 0. The quantitative estimate of drug-likeness (QED) is 0.388. The van der Waals surface area contributed by atoms with Crippen LogP contribution in [0.2, 0.25) is 0 Å². The van der Waals surface area contributed by atoms with Crippen LogP contribution < -0.4 is 5.73 Å². The van der Waals surface area contributed by atoms with E-state index in [1.807, 2.05) is 0 Å². The van der Waals surface area contributed by atoms with Gasteiger partial charge in [0.15, 0.2) is 0 Å². The molecule has 1 unspecified atom stereocenters. The van der Waals surface area contributed by atoms with Crippen molar-refractivity contribution in [2.24, 2.45) is 5.73 Å². The predicted octanol–water partition coefficient (Wildman–Crippen LogP) is 5.55. The number of nitrogens with two attached hydrogens (primary N) is 1. The molecule has 0 spiro atoms. The molecule has 0 aromatic rings. The fourth-order valence-corrected chi connectivity index (χ4v) is 1.40. The molecular formula is C9H2F19N. The highest BCUT2D eigenvalue weighted by molar-refractivity contribution is 5.17. The van der Waals surface area contributed by atoms with Gasteiger partial charge in [0.05, 0.1) is 0 Å². The maximum atomic E-state index is 13.3. The van der Waals surface area contributed by atoms with E-state index in [2.05, 4.69) is 5.73 Å². The normalized spacial score (nSPS) is 18.6. The van der Waals surface area contributed by atoms with E-state index < -0.39 is 53.7 Å². The second-order valence-corrected chi connectivity index (χ2v) is 5.15. The van der Waals surface area contributed by atoms with E-state index in [1.54, 1.807) is 0 Å². The average Bonchev–Trinajstić information content (AvgIpc) is 2.43. The molecule has 29 heavy (non-hydrogen) atoms. The van der Waals surface area contributed by atoms with Crippen molar-refractivity contribution in [3.05, 3.63) is 0 Å². The standard InChI is InChI=1S/C9H2F19N/c10-1(11,2(12,13)5(18,19)8(23,24)25)3(14,15)7(22,29)4(16,17)6(20,21)9(26,27)28/h29H2. The highest BCUT2D eigenvalue weighted by atomic mass is 19.4. The van der Waals surface area contributed by atoms with E-state index in [9.17, 15) is 83.4 Å². The Hall–Kier alpha value is -1.37. The summed E-state index contributed by atoms with van der Waals surface area (Å²) < 4.78 is 238. The lowest BCUT2D eigenvalue weighted by molar-refractivity contribution is -0.455. The van der Waals surface area contributed by atoms with Crippen LogP contribution in [0.5, 0.6) is 0 Å². The molecule has 0 aliphatic carbocycles. The van der Waals surface area contributed by atoms with E-state index in [-0.39, 0.29) is 0 Å². The van der Waals surface area contributed by atoms with Crippen molar-refractivity contribution >= 4 is 0 Å². The van der Waals surface area contributed by atoms with Crippen LogP contribution in [0.25, 0.3) is 0 Å². The van der Waals surface area contributed by atoms with Crippen molar-refractivity contribution in [1.29, 1.82) is 0 Å². The summed E-state index contributed by atoms with van der Waals surface area (Å²) in [4.78, 5) is 0. The first-order chi connectivity index (χ1) is 12.0. The minimum absolute atomic E-state index is 3.00. The molecule has 0 bridgehead atoms. The first-order valence-corrected chi connectivity index (χ1v) is 5.88. The van der Waals surface area contributed by atoms with Crippen LogP contribution in [-0.4, -0.2) is 53.7 Å². The second-order valence-electron chi connectivity index (χ2n) is 5.15. The highest BCUT2D eigenvalue weighted by Gasteiger charge is 2.95. The van der Waals surface area contributed by atoms with Gasteiger partial charge >= 0.3 is 47.9 Å². The molecule has 0 aliphatic heterocycles. The number of alkyl halides is 19. The van der Waals surface area contributed by atoms with Gasteiger partial charge in [-0.3, -0.25) is 5.73 Å². The molecule has 1 atom stereocenters. The SMILES string of the molecule is NC(F)(C(F)(F)C(F)(F)C(F)(F)F)C(F)(F)C(F)(F)C(F)(F)C(F)(F)C(F)(F)F. The smallest absolute Gasteiger partial charge is 0.288 e. The van der Waals surface area contributed by atoms with Gasteiger partial charge in [0.2, 0.25) is 0 Å². The monoisotopic (exact) mass is 485 g/mol. The Bertz CT molecular complexity index is 554. The maximum Gasteiger partial charge on any atom is 0.460 e. The largest absolute Gasteiger partial charge is 0.460 e. The predicted molar refractivity (Wildman–Crippen MR) is 49.8 cm³/mol. The first kappa shape index (κ1) is 27.6. The lowest BCUT2D eigenvalue weighted by Crippen LogP contribution is -2.79. The molecule has 0 aromatic heterocycles. The summed E-state index contributed by atoms with van der Waals surface area (Å²) in [5, 5.41) is 0. The number of hydrogen-bond acceptors (Lipinski definition) is 1. The Morgan fingerprint density at radius 2 is 0.448 bits per heavy atom. The lowest BCUT2D eigenvalue weighted by atomic mass is 9.86. The van der Waals surface area contributed by atoms with Crippen molar-refractivity contribution in [1.82, 2.24) is 0 Å². The van der Waals surface area contributed by atoms with E-state index >= 15 is 0 Å². The van der Waals surface area contributed by atoms with Crippen LogP contribution in [0, 0.1) is 0 Å². The van der Waals surface area contributed by atoms with E-state index in [0.717, 1.165) is 0 Å². The Labute approximate surface area is 144 Å². The fraction of sp³-hybridized carbons (Fsp3) is 1.00. The molecule has 20 heteroatoms. The minimum atomic E-state index is -8.70. The van der Waals surface area contributed by atoms with Crippen molar-refractivity contribution in [3.8, 4) is 0 Å². The summed E-state index contributed by atoms with van der Waals surface area (Å²) in [6.45, 7) is 0. The summed E-state index contributed by atoms with van der Waals surface area (Å²) in [5.41, 5.74) is 3.00. The van der Waals surface area contributed by atoms with Crippen LogP contribution in [-0.2, 0) is 0 Å². The third kappa shape index (κ3) is 3.24. The van der Waals surface area contributed by atoms with Crippen LogP contribution in [0.15, 0.2) is 0 Å². The molecular weight excluding hydrogens is 483 g/mol. The molecule has 0 rings (SSSR count). The first-order valence-electron chi connectivity index (χ1n) is 5.88. The Morgan fingerprint density at radius 3 is 0.690 bits per heavy atom. The second kappa shape index (κ2) is 6.32. The molecule has 0 amide bonds. The van der Waals surface area contributed by atoms with Gasteiger partial charge in [-0.05, 0) is 0 Å². The zero-order chi connectivity index (χ0) is 24.5. The zero-order valence-electron chi connectivity index (χ0n) is 12.3. The summed E-state index contributed by atoms with van der Waals surface area (Å²) in [5.74, 6) is -58.5. The summed E-state index contributed by atoms with van der Waals surface area (Å²) in [6.07, 6.45) is -15.6. The van der Waals surface area contributed by atoms with Crippen LogP contribution >= 0.6 is 0 Å². The highest BCUT2D eigenvalue weighted by Crippen LogP contribution is 2.63. The van der Waals surface area contributed by atoms with Gasteiger partial charge in [0.25, 0.3) is 5.79 Å². The number of halogens is 19. The maximum absolute atomic E-state index is 13.3. The molecule has 0 aromatic carbocycles. The average molecular weight is 485 g/mol. The van der Waals surface area contributed by atoms with Crippen LogP contribution in [0.1, 0.15) is 0 Å². The van der Waals surface area contributed by atoms with E-state index in [4.69, 9.17) is 0 Å². The van der Waals surface area contributed by atoms with Crippen molar-refractivity contribution in [2.75, 3.05) is 0 Å². The van der Waals surface area contributed by atoms with E-state index in [0.29, 0.717) is 0 Å². The number of hydrogen-bond donors (Lipinski definition) is 1. The molecule has 0 radical (unpaired) electrons. The number of rotatable bonds is 6. The molecule has 0 heterocycles. The molecule has 0 saturated carbocycles. The van der Waals surface area contributed by atoms with Crippen molar-refractivity contribution < 1.29 is 83.4 Å². The van der Waals surface area contributed by atoms with Crippen LogP contribution in [0.3, 0.4) is 0 Å². The van der Waals surface area contributed by atoms with Crippen molar-refractivity contribution in [3.63, 3.8) is 0 Å². The zero-order valence-corrected chi connectivity index (χ0v) is 12.3. The molecule has 0 aliphatic rings. The molecule has 1 nitrogen and oxygen atoms in total. The minimum Gasteiger partial charge on any atom is -0.288 e. The van der Waals surface area contributed by atoms with Gasteiger partial charge in [-0.1, -0.05) is 0 Å². The van der Waals surface area contributed by atoms with Gasteiger partial charge < -0.3 is 0 Å². The van der Waals surface area contributed by atoms with E-state index in [1.165, 1.54) is 0 Å². The van der Waals surface area contributed by atoms with Gasteiger partial charge in [-0.15, -0.1) is 0 Å². The summed E-state index contributed by atoms with van der Waals surface area (Å²) >= 11 is 0. The van der Waals surface area contributed by atoms with Gasteiger partial charge in [-0.2, -0.15) is 79.0 Å². The Kier molecular flexibility index (Phi) is 6.02. The fourth-order valence-electron chi connectivity index (χ4n) is 1.40. The van der Waals surface area contributed by atoms with Gasteiger partial charge in [0, 0.05) is 0 Å². The van der Waals surface area contributed by atoms with Crippen LogP contribution in [0.4, 0.5) is 83.4 Å². The molecule has 0 saturated heterocycles. The third-order valence-electron chi connectivity index (χ3n) is 3.20. The Morgan fingerprint density at radius 1 is 0.276 bits per heavy atom. The van der Waals surface area contributed by atoms with Crippen molar-refractivity contribution in [2.45, 2.75) is 53.7 Å². The topological polar surface area (TPSA) is 26.0 Å². The third-order valence-corrected chi connectivity index (χ3v) is 3.20. The lowest BCUT2D eigenvalue weighted by Gasteiger charge is -2.44. The van der Waals surface area contributed by atoms with Gasteiger partial charge in [-0.25, -0.2) is 4.39 Å². The molecule has 0 fully saturated rings. The Balaban J connectivity index is 6.82.